The summed E-state index contributed by atoms with van der Waals surface area (Å²) in [6, 6.07) is 5.63. The minimum Gasteiger partial charge on any atom is -0.493 e. The molecule has 0 bridgehead atoms. The maximum Gasteiger partial charge on any atom is 0.237 e. The van der Waals surface area contributed by atoms with Crippen LogP contribution in [0.1, 0.15) is 44.6 Å². The van der Waals surface area contributed by atoms with Gasteiger partial charge in [0.25, 0.3) is 0 Å². The maximum absolute atomic E-state index is 12.5. The van der Waals surface area contributed by atoms with Crippen LogP contribution in [0.25, 0.3) is 0 Å². The maximum atomic E-state index is 12.5. The van der Waals surface area contributed by atoms with Crippen molar-refractivity contribution in [2.24, 2.45) is 0 Å². The summed E-state index contributed by atoms with van der Waals surface area (Å²) in [5.41, 5.74) is 1.00. The Morgan fingerprint density at radius 1 is 1.08 bits per heavy atom. The molecule has 1 aliphatic rings. The van der Waals surface area contributed by atoms with Crippen LogP contribution in [0.4, 0.5) is 0 Å². The fourth-order valence-electron chi connectivity index (χ4n) is 3.15. The van der Waals surface area contributed by atoms with Gasteiger partial charge in [0.05, 0.1) is 20.3 Å². The summed E-state index contributed by atoms with van der Waals surface area (Å²) >= 11 is 0. The molecule has 0 unspecified atom stereocenters. The summed E-state index contributed by atoms with van der Waals surface area (Å²) in [4.78, 5) is 14.8. The van der Waals surface area contributed by atoms with Crippen LogP contribution in [0.5, 0.6) is 11.5 Å². The van der Waals surface area contributed by atoms with Crippen LogP contribution >= 0.6 is 0 Å². The van der Waals surface area contributed by atoms with Gasteiger partial charge in [-0.2, -0.15) is 0 Å². The number of carbonyl (C=O) groups excluding carboxylic acids is 1. The summed E-state index contributed by atoms with van der Waals surface area (Å²) in [6.07, 6.45) is 6.25. The topological polar surface area (TPSA) is 50.8 Å². The Morgan fingerprint density at radius 3 is 2.33 bits per heavy atom. The lowest BCUT2D eigenvalue weighted by atomic mass is 10.1. The molecule has 1 saturated heterocycles. The molecule has 2 rings (SSSR count). The molecule has 24 heavy (non-hydrogen) atoms. The number of likely N-dealkylation sites (tertiary alicyclic amines) is 1. The van der Waals surface area contributed by atoms with Crippen molar-refractivity contribution in [3.63, 3.8) is 0 Å². The van der Waals surface area contributed by atoms with Crippen LogP contribution in [0.15, 0.2) is 18.2 Å². The third-order valence-corrected chi connectivity index (χ3v) is 4.73. The SMILES string of the molecule is COc1ccc(CNC(=O)[C@H](C)N2CCCCCCC2)cc1OC. The van der Waals surface area contributed by atoms with E-state index in [0.717, 1.165) is 18.7 Å². The lowest BCUT2D eigenvalue weighted by molar-refractivity contribution is -0.126. The monoisotopic (exact) mass is 334 g/mol. The summed E-state index contributed by atoms with van der Waals surface area (Å²) in [6.45, 7) is 4.54. The van der Waals surface area contributed by atoms with Gasteiger partial charge in [-0.25, -0.2) is 0 Å². The number of ether oxygens (including phenoxy) is 2. The molecule has 1 N–H and O–H groups in total. The minimum absolute atomic E-state index is 0.0803. The fourth-order valence-corrected chi connectivity index (χ4v) is 3.15. The smallest absolute Gasteiger partial charge is 0.237 e. The zero-order valence-electron chi connectivity index (χ0n) is 15.1. The Labute approximate surface area is 145 Å². The first-order valence-corrected chi connectivity index (χ1v) is 8.88. The van der Waals surface area contributed by atoms with Gasteiger partial charge in [0.15, 0.2) is 11.5 Å². The van der Waals surface area contributed by atoms with Crippen molar-refractivity contribution in [3.8, 4) is 11.5 Å². The molecule has 1 aromatic carbocycles. The average Bonchev–Trinajstić information content (AvgIpc) is 2.58. The lowest BCUT2D eigenvalue weighted by Crippen LogP contribution is -2.46. The van der Waals surface area contributed by atoms with E-state index in [1.165, 1.54) is 32.1 Å². The molecule has 0 saturated carbocycles. The Morgan fingerprint density at radius 2 is 1.71 bits per heavy atom. The van der Waals surface area contributed by atoms with Crippen LogP contribution in [0, 0.1) is 0 Å². The van der Waals surface area contributed by atoms with Gasteiger partial charge in [-0.3, -0.25) is 9.69 Å². The molecule has 1 heterocycles. The van der Waals surface area contributed by atoms with Crippen molar-refractivity contribution in [1.29, 1.82) is 0 Å². The first-order chi connectivity index (χ1) is 11.7. The van der Waals surface area contributed by atoms with E-state index in [9.17, 15) is 4.79 Å². The van der Waals surface area contributed by atoms with Gasteiger partial charge in [0, 0.05) is 6.54 Å². The Bertz CT molecular complexity index is 525. The molecule has 5 nitrogen and oxygen atoms in total. The Hall–Kier alpha value is -1.75. The average molecular weight is 334 g/mol. The molecule has 5 heteroatoms. The van der Waals surface area contributed by atoms with Crippen LogP contribution in [-0.4, -0.2) is 44.2 Å². The zero-order valence-corrected chi connectivity index (χ0v) is 15.1. The van der Waals surface area contributed by atoms with E-state index in [2.05, 4.69) is 10.2 Å². The number of nitrogens with zero attached hydrogens (tertiary/aromatic N) is 1. The van der Waals surface area contributed by atoms with Crippen molar-refractivity contribution in [1.82, 2.24) is 10.2 Å². The van der Waals surface area contributed by atoms with Crippen molar-refractivity contribution in [2.45, 2.75) is 51.6 Å². The zero-order chi connectivity index (χ0) is 17.4. The molecule has 134 valence electrons. The van der Waals surface area contributed by atoms with Gasteiger partial charge >= 0.3 is 0 Å². The van der Waals surface area contributed by atoms with Crippen LogP contribution < -0.4 is 14.8 Å². The second-order valence-corrected chi connectivity index (χ2v) is 6.39. The van der Waals surface area contributed by atoms with E-state index in [1.54, 1.807) is 14.2 Å². The third-order valence-electron chi connectivity index (χ3n) is 4.73. The second kappa shape index (κ2) is 9.52. The van der Waals surface area contributed by atoms with Gasteiger partial charge in [-0.05, 0) is 50.6 Å². The summed E-state index contributed by atoms with van der Waals surface area (Å²) in [5.74, 6) is 1.47. The van der Waals surface area contributed by atoms with Gasteiger partial charge in [0.2, 0.25) is 5.91 Å². The van der Waals surface area contributed by atoms with E-state index in [-0.39, 0.29) is 11.9 Å². The van der Waals surface area contributed by atoms with Crippen molar-refractivity contribution < 1.29 is 14.3 Å². The summed E-state index contributed by atoms with van der Waals surface area (Å²) in [5, 5.41) is 3.04. The lowest BCUT2D eigenvalue weighted by Gasteiger charge is -2.29. The van der Waals surface area contributed by atoms with Crippen LogP contribution in [0.2, 0.25) is 0 Å². The first kappa shape index (κ1) is 18.6. The van der Waals surface area contributed by atoms with Gasteiger partial charge in [0.1, 0.15) is 0 Å². The van der Waals surface area contributed by atoms with Crippen molar-refractivity contribution in [3.05, 3.63) is 23.8 Å². The Balaban J connectivity index is 1.89. The number of amides is 1. The molecule has 0 aliphatic carbocycles. The molecule has 1 aliphatic heterocycles. The molecule has 1 atom stereocenters. The number of methoxy groups -OCH3 is 2. The van der Waals surface area contributed by atoms with E-state index >= 15 is 0 Å². The highest BCUT2D eigenvalue weighted by Crippen LogP contribution is 2.27. The molecular formula is C19H30N2O3. The number of hydrogen-bond donors (Lipinski definition) is 1. The number of hydrogen-bond acceptors (Lipinski definition) is 4. The van der Waals surface area contributed by atoms with Crippen LogP contribution in [0.3, 0.4) is 0 Å². The van der Waals surface area contributed by atoms with Gasteiger partial charge in [-0.15, -0.1) is 0 Å². The van der Waals surface area contributed by atoms with E-state index in [4.69, 9.17) is 9.47 Å². The highest BCUT2D eigenvalue weighted by atomic mass is 16.5. The predicted molar refractivity (Wildman–Crippen MR) is 95.5 cm³/mol. The highest BCUT2D eigenvalue weighted by molar-refractivity contribution is 5.81. The van der Waals surface area contributed by atoms with Crippen molar-refractivity contribution >= 4 is 5.91 Å². The largest absolute Gasteiger partial charge is 0.493 e. The molecule has 1 aromatic rings. The normalized spacial score (nSPS) is 17.5. The molecule has 0 aromatic heterocycles. The quantitative estimate of drug-likeness (QED) is 0.869. The number of nitrogens with one attached hydrogen (secondary N) is 1. The fraction of sp³-hybridized carbons (Fsp3) is 0.632. The number of benzene rings is 1. The van der Waals surface area contributed by atoms with Gasteiger partial charge < -0.3 is 14.8 Å². The van der Waals surface area contributed by atoms with E-state index < -0.39 is 0 Å². The number of carbonyl (C=O) groups is 1. The van der Waals surface area contributed by atoms with Crippen LogP contribution in [-0.2, 0) is 11.3 Å². The molecule has 1 amide bonds. The number of rotatable bonds is 6. The minimum atomic E-state index is -0.0803. The third kappa shape index (κ3) is 5.13. The summed E-state index contributed by atoms with van der Waals surface area (Å²) in [7, 11) is 3.23. The van der Waals surface area contributed by atoms with Crippen molar-refractivity contribution in [2.75, 3.05) is 27.3 Å². The molecule has 0 spiro atoms. The predicted octanol–water partition coefficient (Wildman–Crippen LogP) is 2.97. The van der Waals surface area contributed by atoms with E-state index in [1.807, 2.05) is 25.1 Å². The molecule has 1 fully saturated rings. The summed E-state index contributed by atoms with van der Waals surface area (Å²) < 4.78 is 10.5. The first-order valence-electron chi connectivity index (χ1n) is 8.88. The molecule has 0 radical (unpaired) electrons. The van der Waals surface area contributed by atoms with E-state index in [0.29, 0.717) is 18.0 Å². The molecular weight excluding hydrogens is 304 g/mol. The second-order valence-electron chi connectivity index (χ2n) is 6.39. The van der Waals surface area contributed by atoms with Gasteiger partial charge in [-0.1, -0.05) is 25.3 Å². The highest BCUT2D eigenvalue weighted by Gasteiger charge is 2.21. The standard InChI is InChI=1S/C19H30N2O3/c1-15(21-11-7-5-4-6-8-12-21)19(22)20-14-16-9-10-17(23-2)18(13-16)24-3/h9-10,13,15H,4-8,11-12,14H2,1-3H3,(H,20,22)/t15-/m0/s1. The Kier molecular flexibility index (Phi) is 7.37.